The van der Waals surface area contributed by atoms with E-state index in [0.717, 1.165) is 15.6 Å². The van der Waals surface area contributed by atoms with Gasteiger partial charge in [0.1, 0.15) is 5.76 Å². The highest BCUT2D eigenvalue weighted by Gasteiger charge is 2.18. The number of rotatable bonds is 9. The summed E-state index contributed by atoms with van der Waals surface area (Å²) in [6.07, 6.45) is 1.54. The molecule has 2 aromatic heterocycles. The van der Waals surface area contributed by atoms with Gasteiger partial charge in [0.25, 0.3) is 5.91 Å². The minimum absolute atomic E-state index is 0.0916. The van der Waals surface area contributed by atoms with Gasteiger partial charge in [0.05, 0.1) is 23.5 Å². The lowest BCUT2D eigenvalue weighted by Crippen LogP contribution is -2.24. The molecule has 13 heteroatoms. The fourth-order valence-corrected chi connectivity index (χ4v) is 4.73. The fraction of sp³-hybridized carbons (Fsp3) is 0.222. The minimum Gasteiger partial charge on any atom is -0.467 e. The van der Waals surface area contributed by atoms with E-state index in [0.29, 0.717) is 16.6 Å². The van der Waals surface area contributed by atoms with Crippen molar-refractivity contribution in [1.82, 2.24) is 19.8 Å². The number of aromatic nitrogens is 2. The zero-order chi connectivity index (χ0) is 22.4. The summed E-state index contributed by atoms with van der Waals surface area (Å²) in [5.74, 6) is 0.171. The molecule has 0 aliphatic carbocycles. The summed E-state index contributed by atoms with van der Waals surface area (Å²) in [6, 6.07) is 9.09. The summed E-state index contributed by atoms with van der Waals surface area (Å²) in [6.45, 7) is 0.304. The van der Waals surface area contributed by atoms with Gasteiger partial charge in [0.15, 0.2) is 4.34 Å². The molecule has 31 heavy (non-hydrogen) atoms. The van der Waals surface area contributed by atoms with Crippen molar-refractivity contribution >= 4 is 50.1 Å². The molecular weight excluding hydrogens is 462 g/mol. The number of anilines is 1. The SMILES string of the molecule is CN(C)S(=O)(=O)c1ccc(C(=O)Nc2nnc(SCC(=O)NCc3ccco3)s2)cc1. The van der Waals surface area contributed by atoms with Gasteiger partial charge in [0.2, 0.25) is 21.1 Å². The average Bonchev–Trinajstić information content (AvgIpc) is 3.42. The molecule has 0 saturated carbocycles. The van der Waals surface area contributed by atoms with Crippen LogP contribution in [-0.4, -0.2) is 54.6 Å². The van der Waals surface area contributed by atoms with E-state index in [4.69, 9.17) is 4.42 Å². The third-order valence-electron chi connectivity index (χ3n) is 3.89. The van der Waals surface area contributed by atoms with Gasteiger partial charge in [-0.25, -0.2) is 12.7 Å². The van der Waals surface area contributed by atoms with Gasteiger partial charge in [-0.2, -0.15) is 0 Å². The number of hydrogen-bond donors (Lipinski definition) is 2. The summed E-state index contributed by atoms with van der Waals surface area (Å²) in [7, 11) is -0.696. The lowest BCUT2D eigenvalue weighted by atomic mass is 10.2. The highest BCUT2D eigenvalue weighted by molar-refractivity contribution is 8.01. The molecule has 164 valence electrons. The van der Waals surface area contributed by atoms with Crippen LogP contribution in [0.25, 0.3) is 0 Å². The van der Waals surface area contributed by atoms with Gasteiger partial charge in [-0.1, -0.05) is 23.1 Å². The van der Waals surface area contributed by atoms with Crippen LogP contribution in [0.3, 0.4) is 0 Å². The van der Waals surface area contributed by atoms with Crippen LogP contribution in [0.2, 0.25) is 0 Å². The molecule has 0 aliphatic heterocycles. The normalized spacial score (nSPS) is 11.5. The first kappa shape index (κ1) is 22.9. The number of sulfonamides is 1. The van der Waals surface area contributed by atoms with Crippen LogP contribution in [-0.2, 0) is 21.4 Å². The predicted molar refractivity (Wildman–Crippen MR) is 116 cm³/mol. The standard InChI is InChI=1S/C18H19N5O5S3/c1-23(2)31(26,27)14-7-5-12(6-8-14)16(25)20-17-21-22-18(30-17)29-11-15(24)19-10-13-4-3-9-28-13/h3-9H,10-11H2,1-2H3,(H,19,24)(H,20,21,25). The van der Waals surface area contributed by atoms with E-state index in [1.54, 1.807) is 12.1 Å². The van der Waals surface area contributed by atoms with E-state index < -0.39 is 15.9 Å². The number of carbonyl (C=O) groups is 2. The van der Waals surface area contributed by atoms with E-state index in [1.165, 1.54) is 56.4 Å². The largest absolute Gasteiger partial charge is 0.467 e. The molecule has 1 aromatic carbocycles. The quantitative estimate of drug-likeness (QED) is 0.350. The minimum atomic E-state index is -3.56. The first-order chi connectivity index (χ1) is 14.8. The predicted octanol–water partition coefficient (Wildman–Crippen LogP) is 2.04. The monoisotopic (exact) mass is 481 g/mol. The molecule has 0 fully saturated rings. The lowest BCUT2D eigenvalue weighted by Gasteiger charge is -2.11. The van der Waals surface area contributed by atoms with Crippen molar-refractivity contribution in [3.8, 4) is 0 Å². The average molecular weight is 482 g/mol. The first-order valence-electron chi connectivity index (χ1n) is 8.85. The molecule has 0 aliphatic rings. The van der Waals surface area contributed by atoms with E-state index in [-0.39, 0.29) is 27.3 Å². The Bertz CT molecular complexity index is 1140. The van der Waals surface area contributed by atoms with Crippen molar-refractivity contribution in [2.75, 3.05) is 25.2 Å². The summed E-state index contributed by atoms with van der Waals surface area (Å²) < 4.78 is 30.9. The number of benzene rings is 1. The van der Waals surface area contributed by atoms with Crippen molar-refractivity contribution in [2.24, 2.45) is 0 Å². The smallest absolute Gasteiger partial charge is 0.257 e. The summed E-state index contributed by atoms with van der Waals surface area (Å²) >= 11 is 2.33. The first-order valence-corrected chi connectivity index (χ1v) is 12.1. The zero-order valence-corrected chi connectivity index (χ0v) is 19.0. The molecule has 0 atom stereocenters. The summed E-state index contributed by atoms with van der Waals surface area (Å²) in [5, 5.41) is 13.4. The number of nitrogens with zero attached hydrogens (tertiary/aromatic N) is 3. The van der Waals surface area contributed by atoms with Gasteiger partial charge in [0, 0.05) is 19.7 Å². The van der Waals surface area contributed by atoms with E-state index in [2.05, 4.69) is 20.8 Å². The Hall–Kier alpha value is -2.74. The van der Waals surface area contributed by atoms with Crippen LogP contribution in [0.5, 0.6) is 0 Å². The molecule has 3 rings (SSSR count). The Balaban J connectivity index is 1.51. The number of nitrogens with one attached hydrogen (secondary N) is 2. The van der Waals surface area contributed by atoms with Crippen molar-refractivity contribution in [2.45, 2.75) is 15.8 Å². The second-order valence-corrected chi connectivity index (χ2v) is 10.6. The molecule has 2 N–H and O–H groups in total. The Morgan fingerprint density at radius 1 is 1.16 bits per heavy atom. The Morgan fingerprint density at radius 2 is 1.90 bits per heavy atom. The maximum Gasteiger partial charge on any atom is 0.257 e. The van der Waals surface area contributed by atoms with Crippen LogP contribution in [0.4, 0.5) is 5.13 Å². The molecule has 0 unspecified atom stereocenters. The zero-order valence-electron chi connectivity index (χ0n) is 16.6. The molecule has 0 bridgehead atoms. The number of carbonyl (C=O) groups excluding carboxylic acids is 2. The molecule has 0 saturated heterocycles. The number of furan rings is 1. The van der Waals surface area contributed by atoms with Crippen LogP contribution in [0, 0.1) is 0 Å². The van der Waals surface area contributed by atoms with Gasteiger partial charge >= 0.3 is 0 Å². The van der Waals surface area contributed by atoms with E-state index in [9.17, 15) is 18.0 Å². The molecule has 0 spiro atoms. The van der Waals surface area contributed by atoms with Crippen molar-refractivity contribution in [3.63, 3.8) is 0 Å². The third kappa shape index (κ3) is 6.13. The Labute approximate surface area is 187 Å². The molecule has 2 amide bonds. The van der Waals surface area contributed by atoms with E-state index >= 15 is 0 Å². The van der Waals surface area contributed by atoms with Crippen molar-refractivity contribution in [1.29, 1.82) is 0 Å². The second kappa shape index (κ2) is 10.0. The van der Waals surface area contributed by atoms with Crippen LogP contribution in [0.15, 0.2) is 56.3 Å². The van der Waals surface area contributed by atoms with Gasteiger partial charge in [-0.15, -0.1) is 10.2 Å². The Morgan fingerprint density at radius 3 is 2.55 bits per heavy atom. The molecule has 0 radical (unpaired) electrons. The van der Waals surface area contributed by atoms with Crippen molar-refractivity contribution < 1.29 is 22.4 Å². The number of thioether (sulfide) groups is 1. The summed E-state index contributed by atoms with van der Waals surface area (Å²) in [4.78, 5) is 24.4. The summed E-state index contributed by atoms with van der Waals surface area (Å²) in [5.41, 5.74) is 0.277. The maximum absolute atomic E-state index is 12.4. The lowest BCUT2D eigenvalue weighted by molar-refractivity contribution is -0.118. The topological polar surface area (TPSA) is 134 Å². The second-order valence-electron chi connectivity index (χ2n) is 6.28. The van der Waals surface area contributed by atoms with Crippen LogP contribution >= 0.6 is 23.1 Å². The number of amides is 2. The van der Waals surface area contributed by atoms with Crippen LogP contribution < -0.4 is 10.6 Å². The maximum atomic E-state index is 12.4. The van der Waals surface area contributed by atoms with Gasteiger partial charge < -0.3 is 9.73 Å². The van der Waals surface area contributed by atoms with Crippen LogP contribution in [0.1, 0.15) is 16.1 Å². The van der Waals surface area contributed by atoms with Crippen molar-refractivity contribution in [3.05, 3.63) is 54.0 Å². The highest BCUT2D eigenvalue weighted by atomic mass is 32.2. The van der Waals surface area contributed by atoms with E-state index in [1.807, 2.05) is 0 Å². The van der Waals surface area contributed by atoms with Gasteiger partial charge in [-0.05, 0) is 36.4 Å². The molecule has 10 nitrogen and oxygen atoms in total. The third-order valence-corrected chi connectivity index (χ3v) is 7.69. The Kier molecular flexibility index (Phi) is 7.43. The molecule has 2 heterocycles. The number of hydrogen-bond acceptors (Lipinski definition) is 9. The highest BCUT2D eigenvalue weighted by Crippen LogP contribution is 2.25. The van der Waals surface area contributed by atoms with Gasteiger partial charge in [-0.3, -0.25) is 14.9 Å². The molecule has 3 aromatic rings. The molecular formula is C18H19N5O5S3. The fourth-order valence-electron chi connectivity index (χ4n) is 2.25.